The Kier molecular flexibility index (Phi) is 5.09. The molecule has 1 aliphatic rings. The van der Waals surface area contributed by atoms with Crippen LogP contribution in [0.5, 0.6) is 0 Å². The van der Waals surface area contributed by atoms with E-state index in [4.69, 9.17) is 0 Å². The van der Waals surface area contributed by atoms with Crippen LogP contribution >= 0.6 is 0 Å². The molecule has 0 unspecified atom stereocenters. The van der Waals surface area contributed by atoms with E-state index in [-0.39, 0.29) is 5.91 Å². The van der Waals surface area contributed by atoms with Gasteiger partial charge in [0, 0.05) is 26.6 Å². The average Bonchev–Trinajstić information content (AvgIpc) is 2.66. The van der Waals surface area contributed by atoms with Crippen molar-refractivity contribution in [3.63, 3.8) is 0 Å². The van der Waals surface area contributed by atoms with Crippen LogP contribution in [0, 0.1) is 5.41 Å². The molecule has 0 bridgehead atoms. The molecule has 2 N–H and O–H groups in total. The van der Waals surface area contributed by atoms with Crippen molar-refractivity contribution in [3.05, 3.63) is 0 Å². The molecule has 0 aromatic rings. The van der Waals surface area contributed by atoms with Crippen LogP contribution in [0.3, 0.4) is 0 Å². The maximum absolute atomic E-state index is 10.6. The van der Waals surface area contributed by atoms with Gasteiger partial charge in [0.1, 0.15) is 0 Å². The van der Waals surface area contributed by atoms with E-state index < -0.39 is 0 Å². The smallest absolute Gasteiger partial charge is 0.216 e. The molecule has 15 heavy (non-hydrogen) atoms. The van der Waals surface area contributed by atoms with Gasteiger partial charge in [-0.25, -0.2) is 0 Å². The summed E-state index contributed by atoms with van der Waals surface area (Å²) in [7, 11) is 0. The van der Waals surface area contributed by atoms with Crippen LogP contribution in [0.15, 0.2) is 0 Å². The molecule has 0 heterocycles. The first-order valence-corrected chi connectivity index (χ1v) is 6.14. The fourth-order valence-electron chi connectivity index (χ4n) is 2.46. The standard InChI is InChI=1S/C12H24N2O/c1-3-12(6-4-5-7-12)10-13-8-9-14-11(2)15/h13H,3-10H2,1-2H3,(H,14,15). The van der Waals surface area contributed by atoms with Crippen molar-refractivity contribution in [2.75, 3.05) is 19.6 Å². The number of hydrogen-bond acceptors (Lipinski definition) is 2. The predicted molar refractivity (Wildman–Crippen MR) is 62.7 cm³/mol. The number of rotatable bonds is 6. The SMILES string of the molecule is CCC1(CNCCNC(C)=O)CCCC1. The first kappa shape index (κ1) is 12.5. The Morgan fingerprint density at radius 2 is 1.93 bits per heavy atom. The summed E-state index contributed by atoms with van der Waals surface area (Å²) in [6.07, 6.45) is 6.80. The average molecular weight is 212 g/mol. The Hall–Kier alpha value is -0.570. The summed E-state index contributed by atoms with van der Waals surface area (Å²) in [6, 6.07) is 0. The van der Waals surface area contributed by atoms with Crippen molar-refractivity contribution in [2.24, 2.45) is 5.41 Å². The van der Waals surface area contributed by atoms with E-state index in [0.717, 1.165) is 19.6 Å². The molecule has 0 atom stereocenters. The van der Waals surface area contributed by atoms with Crippen molar-refractivity contribution >= 4 is 5.91 Å². The molecule has 1 fully saturated rings. The first-order valence-electron chi connectivity index (χ1n) is 6.14. The van der Waals surface area contributed by atoms with Gasteiger partial charge in [-0.05, 0) is 24.7 Å². The zero-order valence-corrected chi connectivity index (χ0v) is 10.1. The van der Waals surface area contributed by atoms with Gasteiger partial charge in [0.15, 0.2) is 0 Å². The van der Waals surface area contributed by atoms with Gasteiger partial charge in [0.05, 0.1) is 0 Å². The van der Waals surface area contributed by atoms with Crippen LogP contribution in [0.2, 0.25) is 0 Å². The fraction of sp³-hybridized carbons (Fsp3) is 0.917. The van der Waals surface area contributed by atoms with E-state index >= 15 is 0 Å². The minimum absolute atomic E-state index is 0.0582. The lowest BCUT2D eigenvalue weighted by molar-refractivity contribution is -0.118. The Bertz CT molecular complexity index is 198. The molecule has 1 amide bonds. The first-order chi connectivity index (χ1) is 7.18. The summed E-state index contributed by atoms with van der Waals surface area (Å²) in [6.45, 7) is 6.60. The van der Waals surface area contributed by atoms with E-state index in [1.807, 2.05) is 0 Å². The van der Waals surface area contributed by atoms with Crippen molar-refractivity contribution in [1.29, 1.82) is 0 Å². The van der Waals surface area contributed by atoms with Gasteiger partial charge in [-0.2, -0.15) is 0 Å². The highest BCUT2D eigenvalue weighted by molar-refractivity contribution is 5.72. The molecular weight excluding hydrogens is 188 g/mol. The summed E-state index contributed by atoms with van der Waals surface area (Å²) < 4.78 is 0. The molecule has 0 aromatic carbocycles. The Balaban J connectivity index is 2.10. The highest BCUT2D eigenvalue weighted by atomic mass is 16.1. The molecule has 88 valence electrons. The summed E-state index contributed by atoms with van der Waals surface area (Å²) >= 11 is 0. The van der Waals surface area contributed by atoms with Crippen LogP contribution in [0.25, 0.3) is 0 Å². The molecule has 0 aromatic heterocycles. The lowest BCUT2D eigenvalue weighted by Crippen LogP contribution is -2.36. The predicted octanol–water partition coefficient (Wildman–Crippen LogP) is 1.68. The number of hydrogen-bond donors (Lipinski definition) is 2. The second kappa shape index (κ2) is 6.11. The van der Waals surface area contributed by atoms with Crippen LogP contribution in [0.4, 0.5) is 0 Å². The third-order valence-corrected chi connectivity index (χ3v) is 3.59. The Morgan fingerprint density at radius 3 is 2.47 bits per heavy atom. The van der Waals surface area contributed by atoms with Crippen molar-refractivity contribution in [1.82, 2.24) is 10.6 Å². The zero-order valence-electron chi connectivity index (χ0n) is 10.1. The lowest BCUT2D eigenvalue weighted by Gasteiger charge is -2.27. The monoisotopic (exact) mass is 212 g/mol. The van der Waals surface area contributed by atoms with Crippen LogP contribution < -0.4 is 10.6 Å². The number of carbonyl (C=O) groups excluding carboxylic acids is 1. The molecule has 0 spiro atoms. The van der Waals surface area contributed by atoms with Gasteiger partial charge in [0.2, 0.25) is 5.91 Å². The minimum Gasteiger partial charge on any atom is -0.355 e. The van der Waals surface area contributed by atoms with Crippen LogP contribution in [-0.2, 0) is 4.79 Å². The van der Waals surface area contributed by atoms with Gasteiger partial charge < -0.3 is 10.6 Å². The highest BCUT2D eigenvalue weighted by Gasteiger charge is 2.31. The van der Waals surface area contributed by atoms with Crippen molar-refractivity contribution in [2.45, 2.75) is 46.0 Å². The van der Waals surface area contributed by atoms with Crippen molar-refractivity contribution in [3.8, 4) is 0 Å². The minimum atomic E-state index is 0.0582. The van der Waals surface area contributed by atoms with Crippen molar-refractivity contribution < 1.29 is 4.79 Å². The van der Waals surface area contributed by atoms with Gasteiger partial charge in [-0.1, -0.05) is 19.8 Å². The van der Waals surface area contributed by atoms with Gasteiger partial charge >= 0.3 is 0 Å². The normalized spacial score (nSPS) is 19.1. The number of amides is 1. The topological polar surface area (TPSA) is 41.1 Å². The summed E-state index contributed by atoms with van der Waals surface area (Å²) in [5, 5.41) is 6.26. The fourth-order valence-corrected chi connectivity index (χ4v) is 2.46. The van der Waals surface area contributed by atoms with E-state index in [1.54, 1.807) is 6.92 Å². The molecular formula is C12H24N2O. The van der Waals surface area contributed by atoms with E-state index in [0.29, 0.717) is 5.41 Å². The molecule has 1 saturated carbocycles. The molecule has 0 radical (unpaired) electrons. The van der Waals surface area contributed by atoms with E-state index in [1.165, 1.54) is 32.1 Å². The maximum Gasteiger partial charge on any atom is 0.216 e. The maximum atomic E-state index is 10.6. The van der Waals surface area contributed by atoms with Crippen LogP contribution in [0.1, 0.15) is 46.0 Å². The quantitative estimate of drug-likeness (QED) is 0.658. The largest absolute Gasteiger partial charge is 0.355 e. The molecule has 3 heteroatoms. The Morgan fingerprint density at radius 1 is 1.27 bits per heavy atom. The third-order valence-electron chi connectivity index (χ3n) is 3.59. The zero-order chi connectivity index (χ0) is 11.1. The third kappa shape index (κ3) is 4.20. The summed E-state index contributed by atoms with van der Waals surface area (Å²) in [5.41, 5.74) is 0.552. The highest BCUT2D eigenvalue weighted by Crippen LogP contribution is 2.40. The Labute approximate surface area is 93.0 Å². The van der Waals surface area contributed by atoms with Gasteiger partial charge in [-0.15, -0.1) is 0 Å². The summed E-state index contributed by atoms with van der Waals surface area (Å²) in [4.78, 5) is 10.6. The second-order valence-corrected chi connectivity index (χ2v) is 4.72. The van der Waals surface area contributed by atoms with E-state index in [2.05, 4.69) is 17.6 Å². The van der Waals surface area contributed by atoms with E-state index in [9.17, 15) is 4.79 Å². The number of nitrogens with one attached hydrogen (secondary N) is 2. The number of carbonyl (C=O) groups is 1. The lowest BCUT2D eigenvalue weighted by atomic mass is 9.83. The molecule has 0 saturated heterocycles. The molecule has 0 aliphatic heterocycles. The second-order valence-electron chi connectivity index (χ2n) is 4.72. The van der Waals surface area contributed by atoms with Gasteiger partial charge in [0.25, 0.3) is 0 Å². The molecule has 1 rings (SSSR count). The van der Waals surface area contributed by atoms with Gasteiger partial charge in [-0.3, -0.25) is 4.79 Å². The van der Waals surface area contributed by atoms with Crippen LogP contribution in [-0.4, -0.2) is 25.5 Å². The molecule has 1 aliphatic carbocycles. The summed E-state index contributed by atoms with van der Waals surface area (Å²) in [5.74, 6) is 0.0582. The molecule has 3 nitrogen and oxygen atoms in total.